The Morgan fingerprint density at radius 2 is 0.896 bits per heavy atom. The highest BCUT2D eigenvalue weighted by molar-refractivity contribution is 5.99. The van der Waals surface area contributed by atoms with Crippen LogP contribution in [0.15, 0.2) is 48.5 Å². The Hall–Kier alpha value is -2.12. The molecular weight excluding hydrogens is 643 g/mol. The van der Waals surface area contributed by atoms with Gasteiger partial charge < -0.3 is 19.3 Å². The average molecular weight is 706 g/mol. The van der Waals surface area contributed by atoms with Crippen LogP contribution in [0, 0.1) is 11.8 Å². The molecule has 2 saturated heterocycles. The Labute approximate surface area is 303 Å². The topological polar surface area (TPSA) is 59.1 Å². The maximum atomic E-state index is 14.1. The Morgan fingerprint density at radius 3 is 1.21 bits per heavy atom. The van der Waals surface area contributed by atoms with Crippen molar-refractivity contribution in [3.8, 4) is 11.5 Å². The lowest BCUT2D eigenvalue weighted by atomic mass is 9.86. The molecule has 0 saturated carbocycles. The third kappa shape index (κ3) is 14.4. The van der Waals surface area contributed by atoms with Gasteiger partial charge in [-0.2, -0.15) is 0 Å². The van der Waals surface area contributed by atoms with Gasteiger partial charge in [0.25, 0.3) is 0 Å². The van der Waals surface area contributed by atoms with E-state index in [1.807, 2.05) is 48.5 Å². The molecule has 0 aromatic heterocycles. The molecule has 2 aliphatic rings. The van der Waals surface area contributed by atoms with Gasteiger partial charge in [0.05, 0.1) is 13.2 Å². The van der Waals surface area contributed by atoms with E-state index < -0.39 is 0 Å². The zero-order valence-electron chi connectivity index (χ0n) is 29.7. The first-order valence-corrected chi connectivity index (χ1v) is 18.6. The van der Waals surface area contributed by atoms with Crippen molar-refractivity contribution in [1.29, 1.82) is 0 Å². The molecule has 2 unspecified atom stereocenters. The predicted molar refractivity (Wildman–Crippen MR) is 203 cm³/mol. The van der Waals surface area contributed by atoms with E-state index in [1.54, 1.807) is 0 Å². The van der Waals surface area contributed by atoms with E-state index in [0.29, 0.717) is 26.1 Å². The van der Waals surface area contributed by atoms with Crippen molar-refractivity contribution in [3.63, 3.8) is 0 Å². The van der Waals surface area contributed by atoms with E-state index in [1.165, 1.54) is 51.4 Å². The van der Waals surface area contributed by atoms with Gasteiger partial charge in [-0.3, -0.25) is 9.59 Å². The third-order valence-electron chi connectivity index (χ3n) is 9.77. The maximum absolute atomic E-state index is 14.1. The van der Waals surface area contributed by atoms with Crippen molar-refractivity contribution in [2.24, 2.45) is 11.8 Å². The summed E-state index contributed by atoms with van der Waals surface area (Å²) in [5.41, 5.74) is 1.49. The minimum atomic E-state index is -0.140. The zero-order chi connectivity index (χ0) is 32.4. The fourth-order valence-electron chi connectivity index (χ4n) is 6.84. The number of hydrogen-bond acceptors (Lipinski definition) is 6. The molecule has 0 aliphatic carbocycles. The monoisotopic (exact) mass is 704 g/mol. The smallest absolute Gasteiger partial charge is 0.167 e. The summed E-state index contributed by atoms with van der Waals surface area (Å²) in [6.07, 6.45) is 15.5. The molecular formula is C40H62Cl2N2O4. The van der Waals surface area contributed by atoms with Gasteiger partial charge in [-0.15, -0.1) is 24.8 Å². The van der Waals surface area contributed by atoms with Gasteiger partial charge >= 0.3 is 0 Å². The summed E-state index contributed by atoms with van der Waals surface area (Å²) in [6, 6.07) is 15.5. The molecule has 2 heterocycles. The lowest BCUT2D eigenvalue weighted by Gasteiger charge is -2.29. The molecule has 0 bridgehead atoms. The van der Waals surface area contributed by atoms with Crippen molar-refractivity contribution in [3.05, 3.63) is 59.7 Å². The summed E-state index contributed by atoms with van der Waals surface area (Å²) in [5.74, 6) is 1.74. The van der Waals surface area contributed by atoms with Crippen molar-refractivity contribution in [2.45, 2.75) is 104 Å². The number of unbranched alkanes of at least 4 members (excludes halogenated alkanes) is 2. The summed E-state index contributed by atoms with van der Waals surface area (Å²) in [5, 5.41) is 0. The normalized spacial score (nSPS) is 17.1. The number of ether oxygens (including phenoxy) is 2. The summed E-state index contributed by atoms with van der Waals surface area (Å²) in [7, 11) is 0. The zero-order valence-corrected chi connectivity index (χ0v) is 31.3. The van der Waals surface area contributed by atoms with Crippen molar-refractivity contribution in [1.82, 2.24) is 9.80 Å². The molecule has 2 aliphatic heterocycles. The van der Waals surface area contributed by atoms with Crippen LogP contribution in [0.4, 0.5) is 0 Å². The minimum Gasteiger partial charge on any atom is -0.494 e. The number of likely N-dealkylation sites (tertiary alicyclic amines) is 2. The summed E-state index contributed by atoms with van der Waals surface area (Å²) >= 11 is 0. The molecule has 270 valence electrons. The summed E-state index contributed by atoms with van der Waals surface area (Å²) < 4.78 is 11.7. The van der Waals surface area contributed by atoms with E-state index in [2.05, 4.69) is 23.6 Å². The standard InChI is InChI=1S/C40H60N2O4.2ClH/c1-3-5-29-45-37-21-17-33(18-22-37)39(43)35(31-41-25-11-7-8-12-26-41)15-16-36(32-42-27-13-9-10-14-28-42)40(44)34-19-23-38(24-20-34)46-30-6-4-2;;/h17-24,35-36H,3-16,25-32H2,1-2H3;2*1H. The molecule has 2 aromatic carbocycles. The number of benzene rings is 2. The van der Waals surface area contributed by atoms with Crippen LogP contribution in [0.3, 0.4) is 0 Å². The molecule has 0 radical (unpaired) electrons. The van der Waals surface area contributed by atoms with Crippen LogP contribution in [0.2, 0.25) is 0 Å². The molecule has 48 heavy (non-hydrogen) atoms. The van der Waals surface area contributed by atoms with Gasteiger partial charge in [0, 0.05) is 36.1 Å². The Bertz CT molecular complexity index is 1050. The van der Waals surface area contributed by atoms with E-state index in [4.69, 9.17) is 9.47 Å². The average Bonchev–Trinajstić information content (AvgIpc) is 3.51. The summed E-state index contributed by atoms with van der Waals surface area (Å²) in [4.78, 5) is 33.3. The van der Waals surface area contributed by atoms with E-state index in [-0.39, 0.29) is 48.2 Å². The molecule has 0 spiro atoms. The van der Waals surface area contributed by atoms with Crippen LogP contribution in [0.5, 0.6) is 11.5 Å². The molecule has 6 nitrogen and oxygen atoms in total. The van der Waals surface area contributed by atoms with Crippen LogP contribution < -0.4 is 9.47 Å². The molecule has 0 amide bonds. The highest BCUT2D eigenvalue weighted by atomic mass is 35.5. The van der Waals surface area contributed by atoms with Crippen molar-refractivity contribution >= 4 is 36.4 Å². The van der Waals surface area contributed by atoms with Crippen LogP contribution in [0.1, 0.15) is 124 Å². The first kappa shape index (κ1) is 42.0. The molecule has 2 aromatic rings. The molecule has 4 rings (SSSR count). The lowest BCUT2D eigenvalue weighted by Crippen LogP contribution is -2.37. The van der Waals surface area contributed by atoms with Crippen LogP contribution in [0.25, 0.3) is 0 Å². The predicted octanol–water partition coefficient (Wildman–Crippen LogP) is 9.72. The SMILES string of the molecule is CCCCOc1ccc(C(=O)C(CCC(CN2CCCCCC2)C(=O)c2ccc(OCCCC)cc2)CN2CCCCCC2)cc1.Cl.Cl. The number of carbonyl (C=O) groups is 2. The second kappa shape index (κ2) is 24.1. The number of Topliss-reactive ketones (excluding diaryl/α,β-unsaturated/α-hetero) is 2. The number of nitrogens with zero attached hydrogens (tertiary/aromatic N) is 2. The quantitative estimate of drug-likeness (QED) is 0.107. The van der Waals surface area contributed by atoms with E-state index in [0.717, 1.165) is 87.6 Å². The summed E-state index contributed by atoms with van der Waals surface area (Å²) in [6.45, 7) is 11.4. The fraction of sp³-hybridized carbons (Fsp3) is 0.650. The fourth-order valence-corrected chi connectivity index (χ4v) is 6.84. The van der Waals surface area contributed by atoms with Crippen molar-refractivity contribution in [2.75, 3.05) is 52.5 Å². The molecule has 2 fully saturated rings. The van der Waals surface area contributed by atoms with E-state index in [9.17, 15) is 9.59 Å². The number of carbonyl (C=O) groups excluding carboxylic acids is 2. The van der Waals surface area contributed by atoms with Gasteiger partial charge in [-0.05, 0) is 126 Å². The minimum absolute atomic E-state index is 0. The Kier molecular flexibility index (Phi) is 21.1. The van der Waals surface area contributed by atoms with Gasteiger partial charge in [0.1, 0.15) is 11.5 Å². The van der Waals surface area contributed by atoms with Gasteiger partial charge in [0.15, 0.2) is 11.6 Å². The number of rotatable bonds is 19. The first-order valence-electron chi connectivity index (χ1n) is 18.6. The van der Waals surface area contributed by atoms with Crippen LogP contribution in [-0.4, -0.2) is 73.8 Å². The number of halogens is 2. The van der Waals surface area contributed by atoms with Crippen LogP contribution in [-0.2, 0) is 0 Å². The molecule has 2 atom stereocenters. The third-order valence-corrected chi connectivity index (χ3v) is 9.77. The second-order valence-corrected chi connectivity index (χ2v) is 13.6. The Morgan fingerprint density at radius 1 is 0.562 bits per heavy atom. The Balaban J connectivity index is 0.00000400. The van der Waals surface area contributed by atoms with Gasteiger partial charge in [-0.25, -0.2) is 0 Å². The largest absolute Gasteiger partial charge is 0.494 e. The van der Waals surface area contributed by atoms with Crippen molar-refractivity contribution < 1.29 is 19.1 Å². The van der Waals surface area contributed by atoms with Crippen LogP contribution >= 0.6 is 24.8 Å². The van der Waals surface area contributed by atoms with Gasteiger partial charge in [0.2, 0.25) is 0 Å². The molecule has 8 heteroatoms. The maximum Gasteiger partial charge on any atom is 0.167 e. The second-order valence-electron chi connectivity index (χ2n) is 13.6. The number of ketones is 2. The molecule has 0 N–H and O–H groups in total. The number of hydrogen-bond donors (Lipinski definition) is 0. The first-order chi connectivity index (χ1) is 22.6. The highest BCUT2D eigenvalue weighted by Gasteiger charge is 2.29. The van der Waals surface area contributed by atoms with E-state index >= 15 is 0 Å². The lowest BCUT2D eigenvalue weighted by molar-refractivity contribution is 0.0810. The highest BCUT2D eigenvalue weighted by Crippen LogP contribution is 2.26. The van der Waals surface area contributed by atoms with Gasteiger partial charge in [-0.1, -0.05) is 52.4 Å².